The standard InChI is InChI=1S/C21H22N4O4/c1-14-10-16(11-17(12-22)21(26)23-13-20-4-3-9-29-20)15(2)24(14)18-5-7-19(8-6-18)25(27)28/h5-8,10-11,20H,3-4,9,13H2,1-2H3,(H,23,26)/b17-11+/t20-/m0/s1. The van der Waals surface area contributed by atoms with Crippen LogP contribution < -0.4 is 5.32 Å². The quantitative estimate of drug-likeness (QED) is 0.350. The summed E-state index contributed by atoms with van der Waals surface area (Å²) >= 11 is 0. The number of nitro benzene ring substituents is 1. The summed E-state index contributed by atoms with van der Waals surface area (Å²) in [5.41, 5.74) is 3.27. The predicted molar refractivity (Wildman–Crippen MR) is 107 cm³/mol. The van der Waals surface area contributed by atoms with Crippen molar-refractivity contribution in [2.45, 2.75) is 32.8 Å². The van der Waals surface area contributed by atoms with Crippen LogP contribution in [0.15, 0.2) is 35.9 Å². The van der Waals surface area contributed by atoms with Crippen LogP contribution in [0.25, 0.3) is 11.8 Å². The average molecular weight is 394 g/mol. The molecule has 1 amide bonds. The number of carbonyl (C=O) groups excluding carboxylic acids is 1. The molecule has 2 heterocycles. The van der Waals surface area contributed by atoms with E-state index >= 15 is 0 Å². The van der Waals surface area contributed by atoms with Crippen LogP contribution >= 0.6 is 0 Å². The average Bonchev–Trinajstić information content (AvgIpc) is 3.32. The van der Waals surface area contributed by atoms with Gasteiger partial charge in [0.1, 0.15) is 11.6 Å². The molecular weight excluding hydrogens is 372 g/mol. The van der Waals surface area contributed by atoms with Crippen molar-refractivity contribution < 1.29 is 14.5 Å². The van der Waals surface area contributed by atoms with Crippen LogP contribution in [-0.2, 0) is 9.53 Å². The fraction of sp³-hybridized carbons (Fsp3) is 0.333. The molecule has 0 saturated carbocycles. The van der Waals surface area contributed by atoms with Crippen molar-refractivity contribution in [3.63, 3.8) is 0 Å². The third-order valence-corrected chi connectivity index (χ3v) is 4.97. The summed E-state index contributed by atoms with van der Waals surface area (Å²) < 4.78 is 7.41. The molecule has 8 heteroatoms. The molecule has 0 radical (unpaired) electrons. The van der Waals surface area contributed by atoms with Crippen molar-refractivity contribution in [1.29, 1.82) is 5.26 Å². The predicted octanol–water partition coefficient (Wildman–Crippen LogP) is 3.20. The third kappa shape index (κ3) is 4.52. The molecule has 29 heavy (non-hydrogen) atoms. The Balaban J connectivity index is 1.82. The summed E-state index contributed by atoms with van der Waals surface area (Å²) in [4.78, 5) is 22.8. The van der Waals surface area contributed by atoms with Gasteiger partial charge in [-0.1, -0.05) is 0 Å². The van der Waals surface area contributed by atoms with Crippen LogP contribution in [0, 0.1) is 35.3 Å². The van der Waals surface area contributed by atoms with E-state index < -0.39 is 10.8 Å². The Hall–Kier alpha value is -3.44. The van der Waals surface area contributed by atoms with Gasteiger partial charge in [0.2, 0.25) is 0 Å². The number of benzene rings is 1. The highest BCUT2D eigenvalue weighted by atomic mass is 16.6. The molecule has 1 fully saturated rings. The number of nitrogens with zero attached hydrogens (tertiary/aromatic N) is 3. The van der Waals surface area contributed by atoms with Crippen LogP contribution in [-0.4, -0.2) is 34.7 Å². The first kappa shape index (κ1) is 20.3. The summed E-state index contributed by atoms with van der Waals surface area (Å²) in [6, 6.07) is 10.1. The van der Waals surface area contributed by atoms with Crippen LogP contribution in [0.1, 0.15) is 29.8 Å². The molecule has 1 aromatic carbocycles. The molecule has 0 bridgehead atoms. The van der Waals surface area contributed by atoms with Gasteiger partial charge >= 0.3 is 0 Å². The van der Waals surface area contributed by atoms with E-state index in [1.165, 1.54) is 12.1 Å². The second-order valence-electron chi connectivity index (χ2n) is 6.95. The number of hydrogen-bond acceptors (Lipinski definition) is 5. The lowest BCUT2D eigenvalue weighted by Gasteiger charge is -2.10. The number of amides is 1. The number of ether oxygens (including phenoxy) is 1. The number of carbonyl (C=O) groups is 1. The monoisotopic (exact) mass is 394 g/mol. The highest BCUT2D eigenvalue weighted by Crippen LogP contribution is 2.24. The van der Waals surface area contributed by atoms with Crippen molar-refractivity contribution >= 4 is 17.7 Å². The van der Waals surface area contributed by atoms with Gasteiger partial charge < -0.3 is 14.6 Å². The topological polar surface area (TPSA) is 110 Å². The normalized spacial score (nSPS) is 16.4. The van der Waals surface area contributed by atoms with E-state index in [2.05, 4.69) is 5.32 Å². The number of aryl methyl sites for hydroxylation is 1. The van der Waals surface area contributed by atoms with Gasteiger partial charge in [0.05, 0.1) is 11.0 Å². The van der Waals surface area contributed by atoms with E-state index in [1.54, 1.807) is 18.2 Å². The lowest BCUT2D eigenvalue weighted by atomic mass is 10.1. The molecule has 150 valence electrons. The van der Waals surface area contributed by atoms with Crippen molar-refractivity contribution in [3.05, 3.63) is 63.0 Å². The summed E-state index contributed by atoms with van der Waals surface area (Å²) in [7, 11) is 0. The largest absolute Gasteiger partial charge is 0.376 e. The number of aromatic nitrogens is 1. The number of nitro groups is 1. The summed E-state index contributed by atoms with van der Waals surface area (Å²) in [6.45, 7) is 4.87. The van der Waals surface area contributed by atoms with Gasteiger partial charge in [0.25, 0.3) is 11.6 Å². The second kappa shape index (κ2) is 8.71. The zero-order chi connectivity index (χ0) is 21.0. The van der Waals surface area contributed by atoms with Gasteiger partial charge in [-0.25, -0.2) is 0 Å². The Bertz CT molecular complexity index is 993. The van der Waals surface area contributed by atoms with E-state index in [0.29, 0.717) is 13.2 Å². The molecule has 1 aliphatic heterocycles. The molecular formula is C21H22N4O4. The van der Waals surface area contributed by atoms with Crippen LogP contribution in [0.5, 0.6) is 0 Å². The van der Waals surface area contributed by atoms with Gasteiger partial charge in [-0.2, -0.15) is 5.26 Å². The second-order valence-corrected chi connectivity index (χ2v) is 6.95. The van der Waals surface area contributed by atoms with E-state index in [4.69, 9.17) is 4.74 Å². The third-order valence-electron chi connectivity index (χ3n) is 4.97. The van der Waals surface area contributed by atoms with Crippen molar-refractivity contribution in [1.82, 2.24) is 9.88 Å². The first-order valence-electron chi connectivity index (χ1n) is 9.36. The van der Waals surface area contributed by atoms with E-state index in [-0.39, 0.29) is 17.4 Å². The highest BCUT2D eigenvalue weighted by molar-refractivity contribution is 6.01. The Morgan fingerprint density at radius 2 is 2.14 bits per heavy atom. The highest BCUT2D eigenvalue weighted by Gasteiger charge is 2.18. The Morgan fingerprint density at radius 1 is 1.41 bits per heavy atom. The Labute approximate surface area is 168 Å². The van der Waals surface area contributed by atoms with Crippen LogP contribution in [0.4, 0.5) is 5.69 Å². The number of nitrogens with one attached hydrogen (secondary N) is 1. The molecule has 0 aliphatic carbocycles. The fourth-order valence-electron chi connectivity index (χ4n) is 3.47. The first-order chi connectivity index (χ1) is 13.9. The minimum absolute atomic E-state index is 0.00564. The van der Waals surface area contributed by atoms with E-state index in [9.17, 15) is 20.2 Å². The lowest BCUT2D eigenvalue weighted by Crippen LogP contribution is -2.32. The molecule has 0 unspecified atom stereocenters. The Morgan fingerprint density at radius 3 is 2.72 bits per heavy atom. The molecule has 0 spiro atoms. The van der Waals surface area contributed by atoms with Gasteiger partial charge in [0, 0.05) is 42.4 Å². The minimum atomic E-state index is -0.443. The first-order valence-corrected chi connectivity index (χ1v) is 9.36. The van der Waals surface area contributed by atoms with E-state index in [0.717, 1.165) is 35.5 Å². The van der Waals surface area contributed by atoms with Crippen LogP contribution in [0.2, 0.25) is 0 Å². The Kier molecular flexibility index (Phi) is 6.10. The maximum absolute atomic E-state index is 12.4. The molecule has 1 N–H and O–H groups in total. The molecule has 1 aromatic heterocycles. The van der Waals surface area contributed by atoms with Gasteiger partial charge in [0.15, 0.2) is 0 Å². The van der Waals surface area contributed by atoms with Gasteiger partial charge in [-0.15, -0.1) is 0 Å². The maximum Gasteiger partial charge on any atom is 0.269 e. The number of rotatable bonds is 6. The van der Waals surface area contributed by atoms with E-state index in [1.807, 2.05) is 30.6 Å². The van der Waals surface area contributed by atoms with Crippen molar-refractivity contribution in [2.75, 3.05) is 13.2 Å². The summed E-state index contributed by atoms with van der Waals surface area (Å²) in [5, 5.41) is 23.1. The molecule has 3 rings (SSSR count). The SMILES string of the molecule is Cc1cc(/C=C(\C#N)C(=O)NC[C@@H]2CCCO2)c(C)n1-c1ccc([N+](=O)[O-])cc1. The molecule has 1 saturated heterocycles. The van der Waals surface area contributed by atoms with Gasteiger partial charge in [-0.05, 0) is 56.5 Å². The van der Waals surface area contributed by atoms with Crippen molar-refractivity contribution in [3.8, 4) is 11.8 Å². The number of nitriles is 1. The number of non-ortho nitro benzene ring substituents is 1. The lowest BCUT2D eigenvalue weighted by molar-refractivity contribution is -0.384. The van der Waals surface area contributed by atoms with Crippen molar-refractivity contribution in [2.24, 2.45) is 0 Å². The van der Waals surface area contributed by atoms with Crippen LogP contribution in [0.3, 0.4) is 0 Å². The molecule has 8 nitrogen and oxygen atoms in total. The smallest absolute Gasteiger partial charge is 0.269 e. The number of hydrogen-bond donors (Lipinski definition) is 1. The molecule has 1 atom stereocenters. The zero-order valence-electron chi connectivity index (χ0n) is 16.3. The summed E-state index contributed by atoms with van der Waals surface area (Å²) in [5.74, 6) is -0.428. The van der Waals surface area contributed by atoms with Gasteiger partial charge in [-0.3, -0.25) is 14.9 Å². The molecule has 1 aliphatic rings. The maximum atomic E-state index is 12.4. The summed E-state index contributed by atoms with van der Waals surface area (Å²) in [6.07, 6.45) is 3.46. The zero-order valence-corrected chi connectivity index (χ0v) is 16.3. The fourth-order valence-corrected chi connectivity index (χ4v) is 3.47. The molecule has 2 aromatic rings. The minimum Gasteiger partial charge on any atom is -0.376 e.